The zero-order chi connectivity index (χ0) is 13.1. The number of rotatable bonds is 3. The molecule has 0 amide bonds. The van der Waals surface area contributed by atoms with Crippen LogP contribution in [0.2, 0.25) is 0 Å². The number of aryl methyl sites for hydroxylation is 1. The Morgan fingerprint density at radius 3 is 2.50 bits per heavy atom. The number of aromatic amines is 1. The normalized spacial score (nSPS) is 11.1. The molecule has 1 N–H and O–H groups in total. The second kappa shape index (κ2) is 5.14. The molecule has 0 spiro atoms. The molecular formula is C12H15N5S. The van der Waals surface area contributed by atoms with Crippen molar-refractivity contribution in [2.45, 2.75) is 6.92 Å². The number of hydrogen-bond acceptors (Lipinski definition) is 4. The zero-order valence-electron chi connectivity index (χ0n) is 10.6. The van der Waals surface area contributed by atoms with Gasteiger partial charge in [-0.3, -0.25) is 5.10 Å². The highest BCUT2D eigenvalue weighted by molar-refractivity contribution is 7.71. The van der Waals surface area contributed by atoms with Gasteiger partial charge in [0.2, 0.25) is 4.77 Å². The zero-order valence-corrected chi connectivity index (χ0v) is 11.4. The summed E-state index contributed by atoms with van der Waals surface area (Å²) < 4.78 is 2.09. The van der Waals surface area contributed by atoms with E-state index in [1.165, 1.54) is 0 Å². The minimum absolute atomic E-state index is 0.494. The number of aromatic nitrogens is 3. The van der Waals surface area contributed by atoms with Crippen molar-refractivity contribution < 1.29 is 0 Å². The molecule has 0 aliphatic rings. The summed E-state index contributed by atoms with van der Waals surface area (Å²) in [6, 6.07) is 8.11. The maximum Gasteiger partial charge on any atom is 0.216 e. The van der Waals surface area contributed by atoms with E-state index in [0.717, 1.165) is 17.1 Å². The summed E-state index contributed by atoms with van der Waals surface area (Å²) in [6.07, 6.45) is 1.76. The fourth-order valence-electron chi connectivity index (χ4n) is 1.49. The highest BCUT2D eigenvalue weighted by Crippen LogP contribution is 2.11. The van der Waals surface area contributed by atoms with Gasteiger partial charge in [-0.25, -0.2) is 0 Å². The van der Waals surface area contributed by atoms with Crippen molar-refractivity contribution in [3.05, 3.63) is 40.4 Å². The first-order chi connectivity index (χ1) is 8.58. The van der Waals surface area contributed by atoms with E-state index in [4.69, 9.17) is 12.2 Å². The first kappa shape index (κ1) is 12.5. The maximum absolute atomic E-state index is 5.07. The molecule has 2 rings (SSSR count). The van der Waals surface area contributed by atoms with Gasteiger partial charge in [0, 0.05) is 19.8 Å². The molecule has 0 unspecified atom stereocenters. The van der Waals surface area contributed by atoms with E-state index in [2.05, 4.69) is 20.2 Å². The fraction of sp³-hybridized carbons (Fsp3) is 0.250. The smallest absolute Gasteiger partial charge is 0.216 e. The highest BCUT2D eigenvalue weighted by atomic mass is 32.1. The molecule has 18 heavy (non-hydrogen) atoms. The lowest BCUT2D eigenvalue weighted by atomic mass is 10.2. The highest BCUT2D eigenvalue weighted by Gasteiger charge is 1.98. The van der Waals surface area contributed by atoms with Gasteiger partial charge in [-0.2, -0.15) is 14.9 Å². The van der Waals surface area contributed by atoms with Gasteiger partial charge in [0.05, 0.1) is 6.21 Å². The quantitative estimate of drug-likeness (QED) is 0.680. The van der Waals surface area contributed by atoms with Crippen LogP contribution in [-0.2, 0) is 0 Å². The lowest BCUT2D eigenvalue weighted by molar-refractivity contribution is 0.821. The van der Waals surface area contributed by atoms with Crippen LogP contribution in [0.1, 0.15) is 11.4 Å². The molecule has 2 aromatic rings. The van der Waals surface area contributed by atoms with Crippen LogP contribution in [0.25, 0.3) is 0 Å². The van der Waals surface area contributed by atoms with Crippen LogP contribution in [0.3, 0.4) is 0 Å². The van der Waals surface area contributed by atoms with Crippen molar-refractivity contribution in [3.63, 3.8) is 0 Å². The van der Waals surface area contributed by atoms with E-state index in [1.807, 2.05) is 45.3 Å². The molecule has 1 aromatic heterocycles. The first-order valence-electron chi connectivity index (χ1n) is 5.53. The van der Waals surface area contributed by atoms with Gasteiger partial charge < -0.3 is 4.90 Å². The molecule has 0 atom stereocenters. The van der Waals surface area contributed by atoms with Crippen LogP contribution in [-0.4, -0.2) is 35.2 Å². The summed E-state index contributed by atoms with van der Waals surface area (Å²) in [6.45, 7) is 1.85. The van der Waals surface area contributed by atoms with Crippen molar-refractivity contribution in [3.8, 4) is 0 Å². The molecule has 0 radical (unpaired) electrons. The second-order valence-electron chi connectivity index (χ2n) is 4.12. The number of anilines is 1. The number of nitrogens with zero attached hydrogens (tertiary/aromatic N) is 4. The molecule has 0 aliphatic carbocycles. The van der Waals surface area contributed by atoms with Crippen LogP contribution in [0.4, 0.5) is 5.69 Å². The van der Waals surface area contributed by atoms with Crippen molar-refractivity contribution in [1.82, 2.24) is 14.9 Å². The standard InChI is InChI=1S/C12H15N5S/c1-9-14-15-12(18)17(9)13-8-10-4-6-11(7-5-10)16(2)3/h4-8H,1-3H3,(H,15,18)/b13-8+. The van der Waals surface area contributed by atoms with Gasteiger partial charge in [0.15, 0.2) is 0 Å². The van der Waals surface area contributed by atoms with E-state index in [0.29, 0.717) is 4.77 Å². The summed E-state index contributed by atoms with van der Waals surface area (Å²) in [7, 11) is 4.02. The Hall–Kier alpha value is -1.95. The summed E-state index contributed by atoms with van der Waals surface area (Å²) in [5, 5.41) is 11.0. The predicted molar refractivity (Wildman–Crippen MR) is 75.9 cm³/mol. The topological polar surface area (TPSA) is 49.2 Å². The average Bonchev–Trinajstić information content (AvgIpc) is 2.67. The minimum Gasteiger partial charge on any atom is -0.378 e. The molecule has 0 aliphatic heterocycles. The molecular weight excluding hydrogens is 246 g/mol. The molecule has 0 fully saturated rings. The Morgan fingerprint density at radius 2 is 2.00 bits per heavy atom. The lowest BCUT2D eigenvalue weighted by Crippen LogP contribution is -2.08. The van der Waals surface area contributed by atoms with Crippen molar-refractivity contribution in [1.29, 1.82) is 0 Å². The van der Waals surface area contributed by atoms with E-state index in [9.17, 15) is 0 Å². The average molecular weight is 261 g/mol. The Bertz CT molecular complexity index is 606. The lowest BCUT2D eigenvalue weighted by Gasteiger charge is -2.11. The molecule has 0 saturated carbocycles. The third kappa shape index (κ3) is 2.65. The SMILES string of the molecule is Cc1n[nH]c(=S)n1/N=C/c1ccc(N(C)C)cc1. The molecule has 0 bridgehead atoms. The van der Waals surface area contributed by atoms with Gasteiger partial charge in [0.25, 0.3) is 0 Å². The summed E-state index contributed by atoms with van der Waals surface area (Å²) in [5.74, 6) is 0.737. The van der Waals surface area contributed by atoms with Gasteiger partial charge in [-0.1, -0.05) is 12.1 Å². The molecule has 0 saturated heterocycles. The van der Waals surface area contributed by atoms with Gasteiger partial charge >= 0.3 is 0 Å². The third-order valence-electron chi connectivity index (χ3n) is 2.54. The van der Waals surface area contributed by atoms with E-state index in [1.54, 1.807) is 10.9 Å². The maximum atomic E-state index is 5.07. The van der Waals surface area contributed by atoms with Crippen LogP contribution >= 0.6 is 12.2 Å². The molecule has 1 aromatic carbocycles. The van der Waals surface area contributed by atoms with Crippen molar-refractivity contribution >= 4 is 24.1 Å². The van der Waals surface area contributed by atoms with E-state index in [-0.39, 0.29) is 0 Å². The van der Waals surface area contributed by atoms with Crippen LogP contribution in [0.5, 0.6) is 0 Å². The number of hydrogen-bond donors (Lipinski definition) is 1. The van der Waals surface area contributed by atoms with Crippen LogP contribution in [0.15, 0.2) is 29.4 Å². The van der Waals surface area contributed by atoms with Gasteiger partial charge in [-0.15, -0.1) is 0 Å². The largest absolute Gasteiger partial charge is 0.378 e. The predicted octanol–water partition coefficient (Wildman–Crippen LogP) is 2.20. The molecule has 6 heteroatoms. The second-order valence-corrected chi connectivity index (χ2v) is 4.51. The Morgan fingerprint density at radius 1 is 1.33 bits per heavy atom. The number of benzene rings is 1. The minimum atomic E-state index is 0.494. The first-order valence-corrected chi connectivity index (χ1v) is 5.94. The number of nitrogens with one attached hydrogen (secondary N) is 1. The molecule has 5 nitrogen and oxygen atoms in total. The van der Waals surface area contributed by atoms with E-state index >= 15 is 0 Å². The molecule has 1 heterocycles. The fourth-order valence-corrected chi connectivity index (χ4v) is 1.71. The van der Waals surface area contributed by atoms with E-state index < -0.39 is 0 Å². The van der Waals surface area contributed by atoms with Gasteiger partial charge in [-0.05, 0) is 36.8 Å². The van der Waals surface area contributed by atoms with Crippen molar-refractivity contribution in [2.24, 2.45) is 5.10 Å². The van der Waals surface area contributed by atoms with Crippen LogP contribution < -0.4 is 4.90 Å². The van der Waals surface area contributed by atoms with Gasteiger partial charge in [0.1, 0.15) is 5.82 Å². The third-order valence-corrected chi connectivity index (χ3v) is 2.81. The Labute approximate surface area is 111 Å². The molecule has 94 valence electrons. The summed E-state index contributed by atoms with van der Waals surface area (Å²) in [4.78, 5) is 2.05. The Kier molecular flexibility index (Phi) is 3.57. The Balaban J connectivity index is 2.22. The number of H-pyrrole nitrogens is 1. The van der Waals surface area contributed by atoms with Crippen molar-refractivity contribution in [2.75, 3.05) is 19.0 Å². The van der Waals surface area contributed by atoms with Crippen LogP contribution in [0, 0.1) is 11.7 Å². The monoisotopic (exact) mass is 261 g/mol. The summed E-state index contributed by atoms with van der Waals surface area (Å²) >= 11 is 5.07. The summed E-state index contributed by atoms with van der Waals surface area (Å²) in [5.41, 5.74) is 2.17.